The molecule has 0 heterocycles. The zero-order chi connectivity index (χ0) is 13.0. The first kappa shape index (κ1) is 13.6. The van der Waals surface area contributed by atoms with E-state index in [-0.39, 0.29) is 16.9 Å². The van der Waals surface area contributed by atoms with Gasteiger partial charge in [-0.2, -0.15) is 14.0 Å². The average Bonchev–Trinajstić information content (AvgIpc) is 2.29. The Labute approximate surface area is 109 Å². The summed E-state index contributed by atoms with van der Waals surface area (Å²) in [5, 5.41) is 8.90. The van der Waals surface area contributed by atoms with Crippen molar-refractivity contribution in [1.29, 1.82) is 5.26 Å². The Morgan fingerprint density at radius 1 is 1.53 bits per heavy atom. The second-order valence-corrected chi connectivity index (χ2v) is 3.94. The minimum atomic E-state index is -3.08. The highest BCUT2D eigenvalue weighted by Gasteiger charge is 2.22. The summed E-state index contributed by atoms with van der Waals surface area (Å²) in [6, 6.07) is 4.36. The van der Waals surface area contributed by atoms with Crippen molar-refractivity contribution in [1.82, 2.24) is 0 Å². The van der Waals surface area contributed by atoms with Crippen molar-refractivity contribution >= 4 is 28.6 Å². The first-order valence-electron chi connectivity index (χ1n) is 4.27. The van der Waals surface area contributed by atoms with Gasteiger partial charge in [-0.15, -0.1) is 0 Å². The number of nitriles is 1. The number of ether oxygens (including phenoxy) is 2. The van der Waals surface area contributed by atoms with E-state index in [1.807, 2.05) is 22.6 Å². The molecule has 0 aromatic heterocycles. The van der Waals surface area contributed by atoms with E-state index < -0.39 is 12.6 Å². The first-order chi connectivity index (χ1) is 8.01. The summed E-state index contributed by atoms with van der Waals surface area (Å²) < 4.78 is 33.4. The molecule has 17 heavy (non-hydrogen) atoms. The molecule has 0 amide bonds. The Kier molecular flexibility index (Phi) is 4.62. The van der Waals surface area contributed by atoms with Crippen molar-refractivity contribution in [2.24, 2.45) is 0 Å². The fraction of sp³-hybridized carbons (Fsp3) is 0.200. The van der Waals surface area contributed by atoms with Gasteiger partial charge in [0.25, 0.3) is 0 Å². The number of alkyl halides is 2. The minimum Gasteiger partial charge on any atom is -0.465 e. The molecule has 0 spiro atoms. The smallest absolute Gasteiger partial charge is 0.387 e. The van der Waals surface area contributed by atoms with E-state index in [0.29, 0.717) is 3.57 Å². The first-order valence-corrected chi connectivity index (χ1v) is 5.34. The van der Waals surface area contributed by atoms with Crippen molar-refractivity contribution in [2.75, 3.05) is 7.11 Å². The van der Waals surface area contributed by atoms with Crippen LogP contribution in [0.2, 0.25) is 0 Å². The van der Waals surface area contributed by atoms with Gasteiger partial charge >= 0.3 is 12.6 Å². The van der Waals surface area contributed by atoms with Gasteiger partial charge in [0.1, 0.15) is 17.4 Å². The third-order valence-corrected chi connectivity index (χ3v) is 2.73. The van der Waals surface area contributed by atoms with Gasteiger partial charge in [-0.05, 0) is 34.7 Å². The highest BCUT2D eigenvalue weighted by atomic mass is 127. The largest absolute Gasteiger partial charge is 0.465 e. The van der Waals surface area contributed by atoms with Gasteiger partial charge < -0.3 is 9.47 Å². The van der Waals surface area contributed by atoms with Gasteiger partial charge in [-0.25, -0.2) is 4.79 Å². The monoisotopic (exact) mass is 353 g/mol. The normalized spacial score (nSPS) is 9.88. The van der Waals surface area contributed by atoms with E-state index in [2.05, 4.69) is 9.47 Å². The predicted octanol–water partition coefficient (Wildman–Crippen LogP) is 2.55. The van der Waals surface area contributed by atoms with Crippen LogP contribution >= 0.6 is 22.6 Å². The number of halogens is 3. The van der Waals surface area contributed by atoms with E-state index in [0.717, 1.165) is 7.11 Å². The van der Waals surface area contributed by atoms with Crippen LogP contribution in [0.4, 0.5) is 8.78 Å². The summed E-state index contributed by atoms with van der Waals surface area (Å²) in [6.45, 7) is -3.08. The molecule has 1 aromatic carbocycles. The maximum atomic E-state index is 12.1. The molecule has 0 N–H and O–H groups in total. The molecule has 0 saturated heterocycles. The number of benzene rings is 1. The molecule has 7 heteroatoms. The van der Waals surface area contributed by atoms with E-state index in [9.17, 15) is 13.6 Å². The number of nitrogens with zero attached hydrogens (tertiary/aromatic N) is 1. The highest BCUT2D eigenvalue weighted by molar-refractivity contribution is 14.1. The molecule has 4 nitrogen and oxygen atoms in total. The lowest BCUT2D eigenvalue weighted by Gasteiger charge is -2.11. The Bertz CT molecular complexity index is 485. The molecule has 0 atom stereocenters. The Morgan fingerprint density at radius 3 is 2.65 bits per heavy atom. The van der Waals surface area contributed by atoms with Crippen LogP contribution in [-0.4, -0.2) is 19.7 Å². The van der Waals surface area contributed by atoms with E-state index in [4.69, 9.17) is 5.26 Å². The van der Waals surface area contributed by atoms with Crippen LogP contribution < -0.4 is 4.74 Å². The van der Waals surface area contributed by atoms with Crippen LogP contribution in [0.5, 0.6) is 5.75 Å². The number of carbonyl (C=O) groups excluding carboxylic acids is 1. The summed E-state index contributed by atoms with van der Waals surface area (Å²) in [7, 11) is 1.09. The summed E-state index contributed by atoms with van der Waals surface area (Å²) >= 11 is 1.81. The molecule has 0 aliphatic carbocycles. The number of esters is 1. The Morgan fingerprint density at radius 2 is 2.18 bits per heavy atom. The van der Waals surface area contributed by atoms with Gasteiger partial charge in [-0.1, -0.05) is 0 Å². The zero-order valence-electron chi connectivity index (χ0n) is 8.54. The second-order valence-electron chi connectivity index (χ2n) is 2.78. The van der Waals surface area contributed by atoms with Gasteiger partial charge in [-0.3, -0.25) is 0 Å². The number of methoxy groups -OCH3 is 1. The van der Waals surface area contributed by atoms with Gasteiger partial charge in [0, 0.05) is 3.57 Å². The average molecular weight is 353 g/mol. The summed E-state index contributed by atoms with van der Waals surface area (Å²) in [5.41, 5.74) is -0.335. The van der Waals surface area contributed by atoms with Crippen molar-refractivity contribution < 1.29 is 23.0 Å². The highest BCUT2D eigenvalue weighted by Crippen LogP contribution is 2.28. The topological polar surface area (TPSA) is 59.3 Å². The third-order valence-electron chi connectivity index (χ3n) is 1.83. The van der Waals surface area contributed by atoms with Crippen LogP contribution in [0.1, 0.15) is 15.9 Å². The van der Waals surface area contributed by atoms with Crippen molar-refractivity contribution in [3.8, 4) is 11.8 Å². The van der Waals surface area contributed by atoms with Crippen LogP contribution in [0.25, 0.3) is 0 Å². The fourth-order valence-corrected chi connectivity index (χ4v) is 1.74. The van der Waals surface area contributed by atoms with E-state index >= 15 is 0 Å². The number of rotatable bonds is 3. The second kappa shape index (κ2) is 5.77. The fourth-order valence-electron chi connectivity index (χ4n) is 1.17. The molecular weight excluding hydrogens is 347 g/mol. The van der Waals surface area contributed by atoms with Crippen LogP contribution in [0, 0.1) is 14.9 Å². The summed E-state index contributed by atoms with van der Waals surface area (Å²) in [6.07, 6.45) is 0. The predicted molar refractivity (Wildman–Crippen MR) is 61.8 cm³/mol. The molecule has 90 valence electrons. The van der Waals surface area contributed by atoms with E-state index in [1.165, 1.54) is 12.1 Å². The summed E-state index contributed by atoms with van der Waals surface area (Å²) in [4.78, 5) is 11.4. The van der Waals surface area contributed by atoms with Gasteiger partial charge in [0.15, 0.2) is 0 Å². The van der Waals surface area contributed by atoms with Gasteiger partial charge in [0.05, 0.1) is 12.7 Å². The lowest BCUT2D eigenvalue weighted by Crippen LogP contribution is -2.12. The lowest BCUT2D eigenvalue weighted by atomic mass is 10.1. The standard InChI is InChI=1S/C10H6F2INO3/c1-16-9(15)8-5(4-14)6(13)2-3-7(8)17-10(11)12/h2-3,10H,1H3. The zero-order valence-corrected chi connectivity index (χ0v) is 10.7. The molecule has 0 radical (unpaired) electrons. The molecule has 1 rings (SSSR count). The Hall–Kier alpha value is -1.43. The van der Waals surface area contributed by atoms with Crippen molar-refractivity contribution in [2.45, 2.75) is 6.61 Å². The number of hydrogen-bond acceptors (Lipinski definition) is 4. The molecule has 0 aliphatic heterocycles. The molecule has 1 aromatic rings. The Balaban J connectivity index is 3.41. The molecule has 0 fully saturated rings. The van der Waals surface area contributed by atoms with E-state index in [1.54, 1.807) is 6.07 Å². The molecule has 0 unspecified atom stereocenters. The molecule has 0 bridgehead atoms. The SMILES string of the molecule is COC(=O)c1c(OC(F)F)ccc(I)c1C#N. The molecule has 0 saturated carbocycles. The van der Waals surface area contributed by atoms with Crippen LogP contribution in [-0.2, 0) is 4.74 Å². The van der Waals surface area contributed by atoms with Crippen LogP contribution in [0.3, 0.4) is 0 Å². The number of hydrogen-bond donors (Lipinski definition) is 0. The maximum Gasteiger partial charge on any atom is 0.387 e. The lowest BCUT2D eigenvalue weighted by molar-refractivity contribution is -0.0504. The van der Waals surface area contributed by atoms with Crippen molar-refractivity contribution in [3.05, 3.63) is 26.8 Å². The maximum absolute atomic E-state index is 12.1. The van der Waals surface area contributed by atoms with Crippen LogP contribution in [0.15, 0.2) is 12.1 Å². The quantitative estimate of drug-likeness (QED) is 0.619. The van der Waals surface area contributed by atoms with Gasteiger partial charge in [0.2, 0.25) is 0 Å². The van der Waals surface area contributed by atoms with Crippen molar-refractivity contribution in [3.63, 3.8) is 0 Å². The minimum absolute atomic E-state index is 0.0457. The number of carbonyl (C=O) groups is 1. The summed E-state index contributed by atoms with van der Waals surface area (Å²) in [5.74, 6) is -1.26. The third kappa shape index (κ3) is 3.03. The molecule has 0 aliphatic rings. The molecular formula is C10H6F2INO3.